The molecule has 0 N–H and O–H groups in total. The van der Waals surface area contributed by atoms with Crippen LogP contribution >= 0.6 is 18.5 Å². The number of rotatable bonds is 7. The summed E-state index contributed by atoms with van der Waals surface area (Å²) in [5.41, 5.74) is 6.27. The van der Waals surface area contributed by atoms with Crippen molar-refractivity contribution in [1.29, 1.82) is 0 Å². The van der Waals surface area contributed by atoms with E-state index in [-0.39, 0.29) is 0 Å². The van der Waals surface area contributed by atoms with Crippen LogP contribution in [-0.4, -0.2) is 0 Å². The molecule has 6 aromatic carbocycles. The Labute approximate surface area is 278 Å². The fourth-order valence-electron chi connectivity index (χ4n) is 6.57. The lowest BCUT2D eigenvalue weighted by molar-refractivity contribution is 0.591. The highest BCUT2D eigenvalue weighted by Gasteiger charge is 2.30. The van der Waals surface area contributed by atoms with Gasteiger partial charge in [0.25, 0.3) is 0 Å². The van der Waals surface area contributed by atoms with Crippen molar-refractivity contribution in [3.63, 3.8) is 0 Å². The van der Waals surface area contributed by atoms with E-state index in [0.717, 1.165) is 54.6 Å². The predicted molar refractivity (Wildman–Crippen MR) is 204 cm³/mol. The second-order valence-corrected chi connectivity index (χ2v) is 15.5. The fraction of sp³-hybridized carbons (Fsp3) is 0.0233. The number of hydrogen-bond acceptors (Lipinski definition) is 3. The van der Waals surface area contributed by atoms with Gasteiger partial charge >= 0.3 is 0 Å². The SMILES string of the molecule is C=C/C=C(\C=C/C)P(=O)(c1ccccc1)c1cccc(-c2ccc3sc4ccc(-c5ccc6oc7ccccc7c6c5)cc4c3c2)c1. The van der Waals surface area contributed by atoms with E-state index in [1.807, 2.05) is 91.1 Å². The maximum Gasteiger partial charge on any atom is 0.171 e. The average Bonchev–Trinajstić information content (AvgIpc) is 3.68. The van der Waals surface area contributed by atoms with Crippen molar-refractivity contribution in [2.24, 2.45) is 0 Å². The van der Waals surface area contributed by atoms with E-state index in [1.165, 1.54) is 25.7 Å². The molecule has 1 atom stereocenters. The number of benzene rings is 6. The number of allylic oxidation sites excluding steroid dienone is 5. The fourth-order valence-corrected chi connectivity index (χ4v) is 10.4. The van der Waals surface area contributed by atoms with Crippen LogP contribution < -0.4 is 10.6 Å². The number of para-hydroxylation sites is 1. The summed E-state index contributed by atoms with van der Waals surface area (Å²) in [7, 11) is -3.16. The van der Waals surface area contributed by atoms with Gasteiger partial charge < -0.3 is 8.98 Å². The summed E-state index contributed by atoms with van der Waals surface area (Å²) in [6.07, 6.45) is 7.46. The third kappa shape index (κ3) is 5.00. The number of fused-ring (bicyclic) bond motifs is 6. The van der Waals surface area contributed by atoms with Crippen LogP contribution in [0.3, 0.4) is 0 Å². The molecule has 47 heavy (non-hydrogen) atoms. The van der Waals surface area contributed by atoms with Gasteiger partial charge in [-0.1, -0.05) is 116 Å². The van der Waals surface area contributed by atoms with E-state index in [1.54, 1.807) is 6.08 Å². The average molecular weight is 643 g/mol. The summed E-state index contributed by atoms with van der Waals surface area (Å²) >= 11 is 1.81. The Morgan fingerprint density at radius 1 is 0.617 bits per heavy atom. The molecule has 0 fully saturated rings. The number of thiophene rings is 1. The standard InChI is InChI=1S/C43H31O2PS/c1-3-11-33(12-4-2)46(44,34-14-6-5-7-15-34)35-16-10-13-29(25-35)31-20-23-42-38(27-31)39-28-32(21-24-43(39)47-42)30-19-22-41-37(26-30)36-17-8-9-18-40(36)45-41/h3-28H,1H2,2H3/b12-4-,33-11+. The minimum Gasteiger partial charge on any atom is -0.456 e. The molecule has 0 spiro atoms. The molecule has 0 radical (unpaired) electrons. The first-order valence-electron chi connectivity index (χ1n) is 15.7. The van der Waals surface area contributed by atoms with E-state index < -0.39 is 7.14 Å². The van der Waals surface area contributed by atoms with Gasteiger partial charge in [0.2, 0.25) is 0 Å². The van der Waals surface area contributed by atoms with E-state index in [0.29, 0.717) is 0 Å². The molecule has 2 heterocycles. The Morgan fingerprint density at radius 2 is 1.21 bits per heavy atom. The van der Waals surface area contributed by atoms with E-state index in [2.05, 4.69) is 85.4 Å². The van der Waals surface area contributed by atoms with Gasteiger partial charge in [-0.3, -0.25) is 0 Å². The molecule has 1 unspecified atom stereocenters. The highest BCUT2D eigenvalue weighted by atomic mass is 32.1. The van der Waals surface area contributed by atoms with Crippen LogP contribution in [0.2, 0.25) is 0 Å². The molecule has 2 aromatic heterocycles. The molecule has 226 valence electrons. The summed E-state index contributed by atoms with van der Waals surface area (Å²) < 4.78 is 23.7. The molecule has 0 saturated carbocycles. The van der Waals surface area contributed by atoms with Crippen LogP contribution in [0.25, 0.3) is 64.4 Å². The van der Waals surface area contributed by atoms with Crippen LogP contribution in [0, 0.1) is 0 Å². The van der Waals surface area contributed by atoms with Crippen LogP contribution in [-0.2, 0) is 4.57 Å². The largest absolute Gasteiger partial charge is 0.456 e. The highest BCUT2D eigenvalue weighted by Crippen LogP contribution is 2.53. The van der Waals surface area contributed by atoms with Crippen molar-refractivity contribution in [2.45, 2.75) is 6.92 Å². The molecule has 8 aromatic rings. The Hall–Kier alpha value is -5.21. The summed E-state index contributed by atoms with van der Waals surface area (Å²) in [4.78, 5) is 0. The van der Waals surface area contributed by atoms with Gasteiger partial charge in [0.1, 0.15) is 11.2 Å². The molecule has 2 nitrogen and oxygen atoms in total. The molecule has 0 aliphatic heterocycles. The van der Waals surface area contributed by atoms with Crippen molar-refractivity contribution in [3.8, 4) is 22.3 Å². The summed E-state index contributed by atoms with van der Waals surface area (Å²) in [5.74, 6) is 0. The van der Waals surface area contributed by atoms with Gasteiger partial charge in [-0.25, -0.2) is 0 Å². The lowest BCUT2D eigenvalue weighted by Crippen LogP contribution is -2.17. The van der Waals surface area contributed by atoms with Crippen molar-refractivity contribution < 1.29 is 8.98 Å². The van der Waals surface area contributed by atoms with Crippen molar-refractivity contribution in [2.75, 3.05) is 0 Å². The van der Waals surface area contributed by atoms with E-state index >= 15 is 4.57 Å². The first-order valence-corrected chi connectivity index (χ1v) is 18.2. The molecule has 0 bridgehead atoms. The number of hydrogen-bond donors (Lipinski definition) is 0. The van der Waals surface area contributed by atoms with Gasteiger partial charge in [-0.15, -0.1) is 11.3 Å². The van der Waals surface area contributed by atoms with Crippen LogP contribution in [0.15, 0.2) is 174 Å². The third-order valence-corrected chi connectivity index (χ3v) is 13.0. The van der Waals surface area contributed by atoms with Crippen LogP contribution in [0.4, 0.5) is 0 Å². The minimum atomic E-state index is -3.16. The quantitative estimate of drug-likeness (QED) is 0.128. The summed E-state index contributed by atoms with van der Waals surface area (Å²) in [6.45, 7) is 5.86. The van der Waals surface area contributed by atoms with Gasteiger partial charge in [0, 0.05) is 46.9 Å². The summed E-state index contributed by atoms with van der Waals surface area (Å²) in [5, 5.41) is 7.07. The van der Waals surface area contributed by atoms with Crippen molar-refractivity contribution in [1.82, 2.24) is 0 Å². The number of furan rings is 1. The summed E-state index contributed by atoms with van der Waals surface area (Å²) in [6, 6.07) is 46.1. The van der Waals surface area contributed by atoms with E-state index in [9.17, 15) is 0 Å². The molecule has 4 heteroatoms. The lowest BCUT2D eigenvalue weighted by Gasteiger charge is -2.21. The monoisotopic (exact) mass is 642 g/mol. The van der Waals surface area contributed by atoms with Crippen LogP contribution in [0.5, 0.6) is 0 Å². The highest BCUT2D eigenvalue weighted by molar-refractivity contribution is 7.82. The normalized spacial score (nSPS) is 13.6. The van der Waals surface area contributed by atoms with Crippen molar-refractivity contribution >= 4 is 71.2 Å². The van der Waals surface area contributed by atoms with Gasteiger partial charge in [0.15, 0.2) is 7.14 Å². The Kier molecular flexibility index (Phi) is 7.37. The zero-order valence-electron chi connectivity index (χ0n) is 25.9. The Bertz CT molecular complexity index is 2580. The van der Waals surface area contributed by atoms with Gasteiger partial charge in [-0.05, 0) is 77.7 Å². The van der Waals surface area contributed by atoms with E-state index in [4.69, 9.17) is 4.42 Å². The third-order valence-electron chi connectivity index (χ3n) is 8.83. The molecular weight excluding hydrogens is 612 g/mol. The molecule has 0 saturated heterocycles. The maximum absolute atomic E-state index is 15.2. The first kappa shape index (κ1) is 29.2. The molecular formula is C43H31O2PS. The second kappa shape index (κ2) is 11.9. The van der Waals surface area contributed by atoms with Gasteiger partial charge in [-0.2, -0.15) is 0 Å². The zero-order chi connectivity index (χ0) is 32.0. The molecule has 0 aliphatic carbocycles. The Balaban J connectivity index is 1.24. The zero-order valence-corrected chi connectivity index (χ0v) is 27.6. The topological polar surface area (TPSA) is 30.2 Å². The maximum atomic E-state index is 15.2. The molecule has 8 rings (SSSR count). The van der Waals surface area contributed by atoms with Crippen LogP contribution in [0.1, 0.15) is 6.92 Å². The second-order valence-electron chi connectivity index (χ2n) is 11.7. The molecule has 0 amide bonds. The molecule has 0 aliphatic rings. The first-order chi connectivity index (χ1) is 23.1. The minimum absolute atomic E-state index is 0.756. The lowest BCUT2D eigenvalue weighted by atomic mass is 9.99. The smallest absolute Gasteiger partial charge is 0.171 e. The van der Waals surface area contributed by atoms with Crippen molar-refractivity contribution in [3.05, 3.63) is 170 Å². The Morgan fingerprint density at radius 3 is 1.91 bits per heavy atom. The predicted octanol–water partition coefficient (Wildman–Crippen LogP) is 12.2. The van der Waals surface area contributed by atoms with Gasteiger partial charge in [0.05, 0.1) is 0 Å².